The first-order chi connectivity index (χ1) is 14.3. The largest absolute Gasteiger partial charge is 0.223 e. The smallest absolute Gasteiger partial charge is 0.218 e. The van der Waals surface area contributed by atoms with Crippen LogP contribution in [0.5, 0.6) is 0 Å². The van der Waals surface area contributed by atoms with Crippen molar-refractivity contribution in [3.8, 4) is 34.3 Å². The van der Waals surface area contributed by atoms with Gasteiger partial charge in [0.25, 0.3) is 0 Å². The molecule has 0 radical (unpaired) electrons. The summed E-state index contributed by atoms with van der Waals surface area (Å²) in [5.74, 6) is 1.61. The Balaban J connectivity index is 1.80. The predicted octanol–water partition coefficient (Wildman–Crippen LogP) is 5.47. The highest BCUT2D eigenvalue weighted by molar-refractivity contribution is 6.28. The molecule has 5 aromatic rings. The zero-order chi connectivity index (χ0) is 19.6. The Bertz CT molecular complexity index is 1250. The molecule has 0 spiro atoms. The second-order valence-electron chi connectivity index (χ2n) is 6.40. The summed E-state index contributed by atoms with van der Waals surface area (Å²) in [5.41, 5.74) is 3.12. The van der Waals surface area contributed by atoms with Gasteiger partial charge in [-0.1, -0.05) is 78.9 Å². The fourth-order valence-corrected chi connectivity index (χ4v) is 3.31. The standard InChI is InChI=1S/C23H14ClN5/c24-23-25-18-14-8-7-13-17(18)19(26-23)22-28-20(15-9-3-1-4-10-15)27-21(29-22)16-11-5-2-6-12-16/h1-14H. The third-order valence-electron chi connectivity index (χ3n) is 4.49. The van der Waals surface area contributed by atoms with Crippen molar-refractivity contribution in [1.82, 2.24) is 24.9 Å². The molecule has 0 fully saturated rings. The number of fused-ring (bicyclic) bond motifs is 1. The van der Waals surface area contributed by atoms with Crippen LogP contribution in [0.4, 0.5) is 0 Å². The van der Waals surface area contributed by atoms with Gasteiger partial charge in [0.2, 0.25) is 5.28 Å². The van der Waals surface area contributed by atoms with E-state index in [2.05, 4.69) is 9.97 Å². The van der Waals surface area contributed by atoms with Crippen molar-refractivity contribution >= 4 is 22.5 Å². The molecule has 2 heterocycles. The van der Waals surface area contributed by atoms with Gasteiger partial charge < -0.3 is 0 Å². The van der Waals surface area contributed by atoms with E-state index in [-0.39, 0.29) is 5.28 Å². The van der Waals surface area contributed by atoms with Crippen molar-refractivity contribution in [1.29, 1.82) is 0 Å². The van der Waals surface area contributed by atoms with Gasteiger partial charge in [0, 0.05) is 16.5 Å². The van der Waals surface area contributed by atoms with E-state index in [1.165, 1.54) is 0 Å². The van der Waals surface area contributed by atoms with Crippen LogP contribution in [-0.2, 0) is 0 Å². The molecule has 0 aliphatic rings. The number of nitrogens with zero attached hydrogens (tertiary/aromatic N) is 5. The Morgan fingerprint density at radius 1 is 0.483 bits per heavy atom. The maximum absolute atomic E-state index is 6.19. The number of para-hydroxylation sites is 1. The maximum Gasteiger partial charge on any atom is 0.223 e. The first-order valence-electron chi connectivity index (χ1n) is 9.07. The van der Waals surface area contributed by atoms with Crippen LogP contribution in [0, 0.1) is 0 Å². The van der Waals surface area contributed by atoms with Gasteiger partial charge in [-0.2, -0.15) is 0 Å². The summed E-state index contributed by atoms with van der Waals surface area (Å²) in [7, 11) is 0. The topological polar surface area (TPSA) is 64.5 Å². The second kappa shape index (κ2) is 7.37. The number of rotatable bonds is 3. The van der Waals surface area contributed by atoms with E-state index in [9.17, 15) is 0 Å². The molecule has 138 valence electrons. The first-order valence-corrected chi connectivity index (χ1v) is 9.45. The third kappa shape index (κ3) is 3.44. The van der Waals surface area contributed by atoms with E-state index < -0.39 is 0 Å². The van der Waals surface area contributed by atoms with Gasteiger partial charge in [-0.3, -0.25) is 0 Å². The number of hydrogen-bond donors (Lipinski definition) is 0. The van der Waals surface area contributed by atoms with Crippen molar-refractivity contribution in [2.75, 3.05) is 0 Å². The van der Waals surface area contributed by atoms with Crippen LogP contribution in [0.1, 0.15) is 0 Å². The summed E-state index contributed by atoms with van der Waals surface area (Å²) in [6.07, 6.45) is 0. The molecule has 3 aromatic carbocycles. The molecule has 0 aliphatic heterocycles. The number of hydrogen-bond acceptors (Lipinski definition) is 5. The molecule has 5 rings (SSSR count). The minimum Gasteiger partial charge on any atom is -0.218 e. The monoisotopic (exact) mass is 395 g/mol. The number of benzene rings is 3. The maximum atomic E-state index is 6.19. The van der Waals surface area contributed by atoms with E-state index in [0.717, 1.165) is 22.0 Å². The Hall–Kier alpha value is -3.70. The molecule has 0 unspecified atom stereocenters. The van der Waals surface area contributed by atoms with Crippen molar-refractivity contribution in [2.45, 2.75) is 0 Å². The lowest BCUT2D eigenvalue weighted by Crippen LogP contribution is -2.02. The van der Waals surface area contributed by atoms with E-state index in [1.807, 2.05) is 84.9 Å². The molecule has 29 heavy (non-hydrogen) atoms. The van der Waals surface area contributed by atoms with Gasteiger partial charge in [0.1, 0.15) is 5.69 Å². The van der Waals surface area contributed by atoms with Gasteiger partial charge in [0.05, 0.1) is 5.52 Å². The molecule has 2 aromatic heterocycles. The fraction of sp³-hybridized carbons (Fsp3) is 0. The van der Waals surface area contributed by atoms with Crippen molar-refractivity contribution in [3.63, 3.8) is 0 Å². The van der Waals surface area contributed by atoms with E-state index >= 15 is 0 Å². The molecule has 0 atom stereocenters. The molecule has 0 N–H and O–H groups in total. The van der Waals surface area contributed by atoms with Crippen LogP contribution in [0.25, 0.3) is 45.2 Å². The summed E-state index contributed by atoms with van der Waals surface area (Å²) in [6.45, 7) is 0. The lowest BCUT2D eigenvalue weighted by molar-refractivity contribution is 1.06. The highest BCUT2D eigenvalue weighted by atomic mass is 35.5. The van der Waals surface area contributed by atoms with Crippen LogP contribution in [-0.4, -0.2) is 24.9 Å². The van der Waals surface area contributed by atoms with Crippen molar-refractivity contribution in [3.05, 3.63) is 90.2 Å². The summed E-state index contributed by atoms with van der Waals surface area (Å²) in [6, 6.07) is 27.3. The highest BCUT2D eigenvalue weighted by Crippen LogP contribution is 2.28. The van der Waals surface area contributed by atoms with Gasteiger partial charge in [-0.15, -0.1) is 0 Å². The van der Waals surface area contributed by atoms with Gasteiger partial charge in [-0.25, -0.2) is 24.9 Å². The first kappa shape index (κ1) is 17.4. The molecule has 5 nitrogen and oxygen atoms in total. The zero-order valence-electron chi connectivity index (χ0n) is 15.2. The summed E-state index contributed by atoms with van der Waals surface area (Å²) < 4.78 is 0. The molecule has 0 saturated carbocycles. The summed E-state index contributed by atoms with van der Waals surface area (Å²) >= 11 is 6.19. The average molecular weight is 396 g/mol. The second-order valence-corrected chi connectivity index (χ2v) is 6.73. The molecular weight excluding hydrogens is 382 g/mol. The molecule has 0 amide bonds. The van der Waals surface area contributed by atoms with Crippen LogP contribution < -0.4 is 0 Å². The lowest BCUT2D eigenvalue weighted by atomic mass is 10.1. The number of aromatic nitrogens is 5. The molecule has 0 aliphatic carbocycles. The van der Waals surface area contributed by atoms with Crippen molar-refractivity contribution in [2.24, 2.45) is 0 Å². The predicted molar refractivity (Wildman–Crippen MR) is 114 cm³/mol. The molecule has 6 heteroatoms. The van der Waals surface area contributed by atoms with Gasteiger partial charge >= 0.3 is 0 Å². The number of halogens is 1. The Kier molecular flexibility index (Phi) is 4.42. The Morgan fingerprint density at radius 2 is 1.00 bits per heavy atom. The van der Waals surface area contributed by atoms with E-state index in [1.54, 1.807) is 0 Å². The van der Waals surface area contributed by atoms with E-state index in [4.69, 9.17) is 26.6 Å². The summed E-state index contributed by atoms with van der Waals surface area (Å²) in [5, 5.41) is 0.989. The van der Waals surface area contributed by atoms with Gasteiger partial charge in [-0.05, 0) is 17.7 Å². The zero-order valence-corrected chi connectivity index (χ0v) is 16.0. The Morgan fingerprint density at radius 3 is 1.62 bits per heavy atom. The minimum atomic E-state index is 0.154. The quantitative estimate of drug-likeness (QED) is 0.379. The van der Waals surface area contributed by atoms with Crippen molar-refractivity contribution < 1.29 is 0 Å². The summed E-state index contributed by atoms with van der Waals surface area (Å²) in [4.78, 5) is 22.9. The minimum absolute atomic E-state index is 0.154. The Labute approximate surface area is 172 Å². The van der Waals surface area contributed by atoms with Crippen LogP contribution in [0.2, 0.25) is 5.28 Å². The van der Waals surface area contributed by atoms with E-state index in [0.29, 0.717) is 23.2 Å². The SMILES string of the molecule is Clc1nc(-c2nc(-c3ccccc3)nc(-c3ccccc3)n2)c2ccccc2n1. The van der Waals surface area contributed by atoms with Gasteiger partial charge in [0.15, 0.2) is 17.5 Å². The molecule has 0 bridgehead atoms. The third-order valence-corrected chi connectivity index (χ3v) is 4.66. The van der Waals surface area contributed by atoms with Crippen LogP contribution >= 0.6 is 11.6 Å². The fourth-order valence-electron chi connectivity index (χ4n) is 3.13. The molecular formula is C23H14ClN5. The highest BCUT2D eigenvalue weighted by Gasteiger charge is 2.16. The molecule has 0 saturated heterocycles. The average Bonchev–Trinajstić information content (AvgIpc) is 2.79. The van der Waals surface area contributed by atoms with Crippen LogP contribution in [0.3, 0.4) is 0 Å². The lowest BCUT2D eigenvalue weighted by Gasteiger charge is -2.09. The van der Waals surface area contributed by atoms with Crippen LogP contribution in [0.15, 0.2) is 84.9 Å². The normalized spacial score (nSPS) is 10.9.